The number of halogens is 1. The molecule has 0 saturated carbocycles. The number of nitrogens with one attached hydrogen (secondary N) is 2. The van der Waals surface area contributed by atoms with Crippen LogP contribution in [0.15, 0.2) is 78.9 Å². The molecule has 1 aliphatic heterocycles. The van der Waals surface area contributed by atoms with Gasteiger partial charge in [-0.2, -0.15) is 0 Å². The summed E-state index contributed by atoms with van der Waals surface area (Å²) in [6.45, 7) is 4.70. The van der Waals surface area contributed by atoms with Gasteiger partial charge in [0.05, 0.1) is 13.2 Å². The van der Waals surface area contributed by atoms with E-state index >= 15 is 0 Å². The van der Waals surface area contributed by atoms with Crippen LogP contribution in [0.5, 0.6) is 11.5 Å². The summed E-state index contributed by atoms with van der Waals surface area (Å²) in [5.74, 6) is 0.179. The molecule has 0 aromatic heterocycles. The first-order valence-corrected chi connectivity index (χ1v) is 13.2. The molecule has 9 heteroatoms. The van der Waals surface area contributed by atoms with E-state index in [1.807, 2.05) is 30.3 Å². The van der Waals surface area contributed by atoms with E-state index in [0.29, 0.717) is 30.2 Å². The molecule has 3 amide bonds. The minimum absolute atomic E-state index is 0.231. The number of hydrogen-bond acceptors (Lipinski definition) is 5. The van der Waals surface area contributed by atoms with Gasteiger partial charge in [0.25, 0.3) is 0 Å². The zero-order chi connectivity index (χ0) is 27.5. The number of anilines is 1. The van der Waals surface area contributed by atoms with Crippen LogP contribution in [0.2, 0.25) is 0 Å². The number of carbonyl (C=O) groups excluding carboxylic acids is 2. The highest BCUT2D eigenvalue weighted by molar-refractivity contribution is 5.95. The number of ether oxygens (including phenoxy) is 2. The van der Waals surface area contributed by atoms with Gasteiger partial charge in [0.2, 0.25) is 5.91 Å². The summed E-state index contributed by atoms with van der Waals surface area (Å²) < 4.78 is 24.7. The van der Waals surface area contributed by atoms with Gasteiger partial charge in [-0.1, -0.05) is 42.5 Å². The summed E-state index contributed by atoms with van der Waals surface area (Å²) in [6, 6.07) is 21.2. The highest BCUT2D eigenvalue weighted by atomic mass is 19.1. The monoisotopic (exact) mass is 534 g/mol. The second-order valence-corrected chi connectivity index (χ2v) is 9.41. The highest BCUT2D eigenvalue weighted by Crippen LogP contribution is 2.26. The van der Waals surface area contributed by atoms with E-state index < -0.39 is 17.9 Å². The quantitative estimate of drug-likeness (QED) is 0.360. The number of morpholine rings is 1. The Labute approximate surface area is 228 Å². The van der Waals surface area contributed by atoms with Crippen LogP contribution < -0.4 is 20.3 Å². The highest BCUT2D eigenvalue weighted by Gasteiger charge is 2.23. The van der Waals surface area contributed by atoms with Crippen molar-refractivity contribution in [3.63, 3.8) is 0 Å². The third-order valence-corrected chi connectivity index (χ3v) is 6.49. The van der Waals surface area contributed by atoms with Gasteiger partial charge in [-0.25, -0.2) is 9.18 Å². The van der Waals surface area contributed by atoms with E-state index in [-0.39, 0.29) is 5.91 Å². The normalized spacial score (nSPS) is 14.3. The fourth-order valence-corrected chi connectivity index (χ4v) is 4.31. The third-order valence-electron chi connectivity index (χ3n) is 6.49. The van der Waals surface area contributed by atoms with Gasteiger partial charge >= 0.3 is 6.03 Å². The molecule has 1 heterocycles. The van der Waals surface area contributed by atoms with Gasteiger partial charge < -0.3 is 20.1 Å². The van der Waals surface area contributed by atoms with Crippen LogP contribution in [-0.2, 0) is 16.0 Å². The fraction of sp³-hybridized carbons (Fsp3) is 0.333. The lowest BCUT2D eigenvalue weighted by molar-refractivity contribution is -0.122. The zero-order valence-electron chi connectivity index (χ0n) is 22.1. The van der Waals surface area contributed by atoms with Crippen molar-refractivity contribution in [2.45, 2.75) is 18.9 Å². The first-order valence-electron chi connectivity index (χ1n) is 13.2. The average Bonchev–Trinajstić information content (AvgIpc) is 2.95. The summed E-state index contributed by atoms with van der Waals surface area (Å²) in [5, 5.41) is 5.87. The van der Waals surface area contributed by atoms with Crippen molar-refractivity contribution in [1.82, 2.24) is 15.5 Å². The fourth-order valence-electron chi connectivity index (χ4n) is 4.31. The van der Waals surface area contributed by atoms with Crippen molar-refractivity contribution in [3.8, 4) is 11.5 Å². The van der Waals surface area contributed by atoms with Crippen LogP contribution in [-0.4, -0.2) is 69.3 Å². The molecule has 39 heavy (non-hydrogen) atoms. The molecule has 1 atom stereocenters. The molecule has 0 bridgehead atoms. The molecule has 0 aliphatic carbocycles. The van der Waals surface area contributed by atoms with Gasteiger partial charge in [0.15, 0.2) is 0 Å². The summed E-state index contributed by atoms with van der Waals surface area (Å²) in [7, 11) is 1.62. The molecule has 0 unspecified atom stereocenters. The maximum Gasteiger partial charge on any atom is 0.322 e. The minimum Gasteiger partial charge on any atom is -0.457 e. The molecule has 4 rings (SSSR count). The predicted octanol–water partition coefficient (Wildman–Crippen LogP) is 4.21. The number of amides is 3. The van der Waals surface area contributed by atoms with Crippen molar-refractivity contribution in [2.75, 3.05) is 51.3 Å². The molecule has 0 spiro atoms. The first kappa shape index (κ1) is 28.1. The Morgan fingerprint density at radius 3 is 2.46 bits per heavy atom. The van der Waals surface area contributed by atoms with E-state index in [9.17, 15) is 14.0 Å². The molecule has 3 aromatic carbocycles. The largest absolute Gasteiger partial charge is 0.457 e. The molecule has 2 N–H and O–H groups in total. The third kappa shape index (κ3) is 8.80. The van der Waals surface area contributed by atoms with Crippen LogP contribution in [0.3, 0.4) is 0 Å². The lowest BCUT2D eigenvalue weighted by Gasteiger charge is -2.27. The van der Waals surface area contributed by atoms with E-state index in [0.717, 1.165) is 44.8 Å². The Kier molecular flexibility index (Phi) is 10.3. The molecule has 8 nitrogen and oxygen atoms in total. The van der Waals surface area contributed by atoms with E-state index in [2.05, 4.69) is 15.5 Å². The number of carbonyl (C=O) groups is 2. The molecule has 206 valence electrons. The second-order valence-electron chi connectivity index (χ2n) is 9.41. The second kappa shape index (κ2) is 14.3. The number of nitrogens with zero attached hydrogens (tertiary/aromatic N) is 2. The van der Waals surface area contributed by atoms with E-state index in [4.69, 9.17) is 9.47 Å². The Hall–Kier alpha value is -3.95. The molecule has 1 aliphatic rings. The van der Waals surface area contributed by atoms with Gasteiger partial charge in [-0.15, -0.1) is 0 Å². The van der Waals surface area contributed by atoms with Crippen molar-refractivity contribution >= 4 is 17.6 Å². The van der Waals surface area contributed by atoms with Crippen molar-refractivity contribution in [3.05, 3.63) is 90.2 Å². The van der Waals surface area contributed by atoms with Gasteiger partial charge in [0, 0.05) is 50.9 Å². The predicted molar refractivity (Wildman–Crippen MR) is 149 cm³/mol. The average molecular weight is 535 g/mol. The van der Waals surface area contributed by atoms with Gasteiger partial charge in [0.1, 0.15) is 23.4 Å². The molecule has 3 aromatic rings. The molecule has 0 radical (unpaired) electrons. The summed E-state index contributed by atoms with van der Waals surface area (Å²) in [6.07, 6.45) is 1.17. The Morgan fingerprint density at radius 1 is 1.00 bits per heavy atom. The summed E-state index contributed by atoms with van der Waals surface area (Å²) in [4.78, 5) is 30.1. The number of rotatable bonds is 11. The van der Waals surface area contributed by atoms with Gasteiger partial charge in [-0.05, 0) is 42.8 Å². The maximum atomic E-state index is 13.5. The molecule has 1 fully saturated rings. The standard InChI is InChI=1S/C30H35FN4O4/c1-34(25-11-6-13-27(22-25)39-26-12-5-10-24(31)21-26)30(37)33-28(20-23-8-3-2-4-9-23)29(36)32-14-7-15-35-16-18-38-19-17-35/h2-6,8-13,21-22,28H,7,14-20H2,1H3,(H,32,36)(H,33,37)/t28-/m1/s1. The smallest absolute Gasteiger partial charge is 0.322 e. The molecular weight excluding hydrogens is 499 g/mol. The Bertz CT molecular complexity index is 1220. The van der Waals surface area contributed by atoms with Crippen LogP contribution >= 0.6 is 0 Å². The van der Waals surface area contributed by atoms with Crippen molar-refractivity contribution in [1.29, 1.82) is 0 Å². The Morgan fingerprint density at radius 2 is 1.72 bits per heavy atom. The van der Waals surface area contributed by atoms with Crippen LogP contribution in [0.1, 0.15) is 12.0 Å². The van der Waals surface area contributed by atoms with Crippen LogP contribution in [0.4, 0.5) is 14.9 Å². The minimum atomic E-state index is -0.752. The molecular formula is C30H35FN4O4. The topological polar surface area (TPSA) is 83.1 Å². The number of hydrogen-bond donors (Lipinski definition) is 2. The lowest BCUT2D eigenvalue weighted by Crippen LogP contribution is -2.52. The van der Waals surface area contributed by atoms with Crippen LogP contribution in [0, 0.1) is 5.82 Å². The van der Waals surface area contributed by atoms with Crippen molar-refractivity contribution in [2.24, 2.45) is 0 Å². The number of urea groups is 1. The van der Waals surface area contributed by atoms with Crippen LogP contribution in [0.25, 0.3) is 0 Å². The SMILES string of the molecule is CN(C(=O)N[C@H](Cc1ccccc1)C(=O)NCCCN1CCOCC1)c1cccc(Oc2cccc(F)c2)c1. The van der Waals surface area contributed by atoms with E-state index in [1.54, 1.807) is 43.4 Å². The van der Waals surface area contributed by atoms with Gasteiger partial charge in [-0.3, -0.25) is 14.6 Å². The summed E-state index contributed by atoms with van der Waals surface area (Å²) in [5.41, 5.74) is 1.50. The first-order chi connectivity index (χ1) is 19.0. The maximum absolute atomic E-state index is 13.5. The lowest BCUT2D eigenvalue weighted by atomic mass is 10.1. The number of benzene rings is 3. The molecule has 1 saturated heterocycles. The zero-order valence-corrected chi connectivity index (χ0v) is 22.1. The Balaban J connectivity index is 1.37. The van der Waals surface area contributed by atoms with E-state index in [1.165, 1.54) is 17.0 Å². The van der Waals surface area contributed by atoms with Crippen molar-refractivity contribution < 1.29 is 23.5 Å². The summed E-state index contributed by atoms with van der Waals surface area (Å²) >= 11 is 0.